The average molecular weight is 492 g/mol. The Kier molecular flexibility index (Phi) is 5.67. The number of nitrogens with one attached hydrogen (secondary N) is 1. The summed E-state index contributed by atoms with van der Waals surface area (Å²) in [6, 6.07) is 19.0. The van der Waals surface area contributed by atoms with Gasteiger partial charge in [-0.25, -0.2) is 4.98 Å². The van der Waals surface area contributed by atoms with E-state index in [9.17, 15) is 9.59 Å². The number of fused-ring (bicyclic) bond motifs is 2. The molecule has 1 fully saturated rings. The van der Waals surface area contributed by atoms with Crippen molar-refractivity contribution in [3.05, 3.63) is 99.0 Å². The van der Waals surface area contributed by atoms with E-state index < -0.39 is 0 Å². The lowest BCUT2D eigenvalue weighted by molar-refractivity contribution is 0.0711. The Morgan fingerprint density at radius 1 is 0.946 bits per heavy atom. The van der Waals surface area contributed by atoms with Crippen molar-refractivity contribution in [1.29, 1.82) is 0 Å². The van der Waals surface area contributed by atoms with E-state index in [-0.39, 0.29) is 11.3 Å². The van der Waals surface area contributed by atoms with Crippen molar-refractivity contribution in [2.45, 2.75) is 39.5 Å². The Labute approximate surface area is 215 Å². The zero-order chi connectivity index (χ0) is 25.7. The van der Waals surface area contributed by atoms with Crippen molar-refractivity contribution >= 4 is 27.9 Å². The Morgan fingerprint density at radius 2 is 1.70 bits per heavy atom. The van der Waals surface area contributed by atoms with Gasteiger partial charge in [-0.3, -0.25) is 9.59 Å². The van der Waals surface area contributed by atoms with Crippen molar-refractivity contribution < 1.29 is 9.21 Å². The van der Waals surface area contributed by atoms with Crippen LogP contribution in [0.5, 0.6) is 0 Å². The number of amides is 1. The van der Waals surface area contributed by atoms with Gasteiger partial charge in [0, 0.05) is 36.2 Å². The van der Waals surface area contributed by atoms with E-state index in [1.807, 2.05) is 55.1 Å². The van der Waals surface area contributed by atoms with Gasteiger partial charge in [-0.2, -0.15) is 0 Å². The molecule has 0 unspecified atom stereocenters. The highest BCUT2D eigenvalue weighted by Gasteiger charge is 2.26. The number of rotatable bonds is 3. The summed E-state index contributed by atoms with van der Waals surface area (Å²) in [6.45, 7) is 7.38. The van der Waals surface area contributed by atoms with Gasteiger partial charge in [0.2, 0.25) is 0 Å². The molecule has 186 valence electrons. The first-order chi connectivity index (χ1) is 17.9. The molecule has 2 aromatic heterocycles. The van der Waals surface area contributed by atoms with Gasteiger partial charge in [-0.05, 0) is 80.6 Å². The van der Waals surface area contributed by atoms with Crippen LogP contribution in [0.4, 0.5) is 0 Å². The molecule has 5 aromatic rings. The van der Waals surface area contributed by atoms with E-state index in [2.05, 4.69) is 30.1 Å². The van der Waals surface area contributed by atoms with Gasteiger partial charge >= 0.3 is 0 Å². The van der Waals surface area contributed by atoms with Gasteiger partial charge in [0.05, 0.1) is 16.4 Å². The number of piperidine rings is 1. The minimum Gasteiger partial charge on any atom is -0.456 e. The SMILES string of the molecule is Cc1ccc2nc(C3CCN(C(=O)c4ccc(-c5cc(=O)c6cc(C)cc(C)c6o5)cc4)CC3)[nH]c2c1. The Morgan fingerprint density at radius 3 is 2.46 bits per heavy atom. The average Bonchev–Trinajstić information content (AvgIpc) is 3.32. The summed E-state index contributed by atoms with van der Waals surface area (Å²) in [6.07, 6.45) is 1.76. The number of aryl methyl sites for hydroxylation is 3. The summed E-state index contributed by atoms with van der Waals surface area (Å²) < 4.78 is 6.11. The lowest BCUT2D eigenvalue weighted by Gasteiger charge is -2.31. The van der Waals surface area contributed by atoms with E-state index in [1.165, 1.54) is 11.6 Å². The fourth-order valence-electron chi connectivity index (χ4n) is 5.40. The molecule has 1 aliphatic heterocycles. The van der Waals surface area contributed by atoms with Crippen LogP contribution in [-0.4, -0.2) is 33.9 Å². The van der Waals surface area contributed by atoms with Crippen molar-refractivity contribution in [2.24, 2.45) is 0 Å². The molecule has 0 bridgehead atoms. The van der Waals surface area contributed by atoms with Crippen LogP contribution in [0, 0.1) is 20.8 Å². The fourth-order valence-corrected chi connectivity index (χ4v) is 5.40. The van der Waals surface area contributed by atoms with Gasteiger partial charge in [0.1, 0.15) is 17.2 Å². The summed E-state index contributed by atoms with van der Waals surface area (Å²) in [7, 11) is 0. The number of nitrogens with zero attached hydrogens (tertiary/aromatic N) is 2. The normalized spacial score (nSPS) is 14.5. The smallest absolute Gasteiger partial charge is 0.253 e. The molecule has 1 amide bonds. The summed E-state index contributed by atoms with van der Waals surface area (Å²) in [5.41, 5.74) is 7.19. The van der Waals surface area contributed by atoms with E-state index in [1.54, 1.807) is 0 Å². The Bertz CT molecular complexity index is 1700. The van der Waals surface area contributed by atoms with E-state index in [4.69, 9.17) is 9.40 Å². The van der Waals surface area contributed by atoms with Gasteiger partial charge < -0.3 is 14.3 Å². The van der Waals surface area contributed by atoms with Crippen LogP contribution in [0.25, 0.3) is 33.3 Å². The van der Waals surface area contributed by atoms with Crippen LogP contribution < -0.4 is 5.43 Å². The number of aromatic amines is 1. The second-order valence-corrected chi connectivity index (χ2v) is 10.2. The maximum Gasteiger partial charge on any atom is 0.253 e. The molecule has 6 nitrogen and oxygen atoms in total. The monoisotopic (exact) mass is 491 g/mol. The fraction of sp³-hybridized carbons (Fsp3) is 0.258. The third kappa shape index (κ3) is 4.33. The van der Waals surface area contributed by atoms with Crippen LogP contribution in [0.2, 0.25) is 0 Å². The standard InChI is InChI=1S/C31H29N3O3/c1-18-4-9-25-26(16-18)33-30(32-25)22-10-12-34(13-11-22)31(36)23-7-5-21(6-8-23)28-17-27(35)24-15-19(2)14-20(3)29(24)37-28/h4-9,14-17,22H,10-13H2,1-3H3,(H,32,33). The lowest BCUT2D eigenvalue weighted by atomic mass is 9.95. The minimum atomic E-state index is -0.0642. The number of benzene rings is 3. The molecule has 3 aromatic carbocycles. The molecule has 0 aliphatic carbocycles. The largest absolute Gasteiger partial charge is 0.456 e. The molecule has 6 rings (SSSR count). The first kappa shape index (κ1) is 23.2. The van der Waals surface area contributed by atoms with Gasteiger partial charge in [0.15, 0.2) is 5.43 Å². The van der Waals surface area contributed by atoms with Crippen molar-refractivity contribution in [3.8, 4) is 11.3 Å². The first-order valence-electron chi connectivity index (χ1n) is 12.8. The Balaban J connectivity index is 1.16. The highest BCUT2D eigenvalue weighted by Crippen LogP contribution is 2.30. The van der Waals surface area contributed by atoms with Gasteiger partial charge in [0.25, 0.3) is 5.91 Å². The summed E-state index contributed by atoms with van der Waals surface area (Å²) in [5, 5.41) is 0.592. The van der Waals surface area contributed by atoms with Crippen LogP contribution >= 0.6 is 0 Å². The van der Waals surface area contributed by atoms with Crippen LogP contribution in [0.15, 0.2) is 69.9 Å². The molecule has 6 heteroatoms. The number of carbonyl (C=O) groups is 1. The Hall–Kier alpha value is -4.19. The molecule has 0 atom stereocenters. The topological polar surface area (TPSA) is 79.2 Å². The number of hydrogen-bond acceptors (Lipinski definition) is 4. The third-order valence-corrected chi connectivity index (χ3v) is 7.40. The number of likely N-dealkylation sites (tertiary alicyclic amines) is 1. The van der Waals surface area contributed by atoms with E-state index in [0.29, 0.717) is 41.3 Å². The van der Waals surface area contributed by atoms with E-state index in [0.717, 1.165) is 46.4 Å². The number of aromatic nitrogens is 2. The van der Waals surface area contributed by atoms with Crippen molar-refractivity contribution in [2.75, 3.05) is 13.1 Å². The third-order valence-electron chi connectivity index (χ3n) is 7.40. The molecular weight excluding hydrogens is 462 g/mol. The highest BCUT2D eigenvalue weighted by molar-refractivity contribution is 5.94. The second kappa shape index (κ2) is 9.04. The molecule has 1 aliphatic rings. The molecule has 1 saturated heterocycles. The zero-order valence-electron chi connectivity index (χ0n) is 21.3. The molecule has 1 N–H and O–H groups in total. The number of H-pyrrole nitrogens is 1. The minimum absolute atomic E-state index is 0.0246. The first-order valence-corrected chi connectivity index (χ1v) is 12.8. The molecule has 0 radical (unpaired) electrons. The summed E-state index contributed by atoms with van der Waals surface area (Å²) in [4.78, 5) is 36.1. The number of hydrogen-bond donors (Lipinski definition) is 1. The maximum atomic E-state index is 13.2. The zero-order valence-corrected chi connectivity index (χ0v) is 21.3. The summed E-state index contributed by atoms with van der Waals surface area (Å²) in [5.74, 6) is 1.86. The van der Waals surface area contributed by atoms with E-state index >= 15 is 0 Å². The van der Waals surface area contributed by atoms with Gasteiger partial charge in [-0.1, -0.05) is 24.3 Å². The van der Waals surface area contributed by atoms with Crippen molar-refractivity contribution in [1.82, 2.24) is 14.9 Å². The second-order valence-electron chi connectivity index (χ2n) is 10.2. The molecular formula is C31H29N3O3. The quantitative estimate of drug-likeness (QED) is 0.322. The lowest BCUT2D eigenvalue weighted by Crippen LogP contribution is -2.38. The molecule has 3 heterocycles. The number of imidazole rings is 1. The predicted octanol–water partition coefficient (Wildman–Crippen LogP) is 6.28. The number of carbonyl (C=O) groups excluding carboxylic acids is 1. The van der Waals surface area contributed by atoms with Crippen LogP contribution in [-0.2, 0) is 0 Å². The molecule has 0 saturated carbocycles. The van der Waals surface area contributed by atoms with Crippen LogP contribution in [0.3, 0.4) is 0 Å². The van der Waals surface area contributed by atoms with Gasteiger partial charge in [-0.15, -0.1) is 0 Å². The molecule has 37 heavy (non-hydrogen) atoms. The summed E-state index contributed by atoms with van der Waals surface area (Å²) >= 11 is 0. The van der Waals surface area contributed by atoms with Crippen LogP contribution in [0.1, 0.15) is 51.6 Å². The molecule has 0 spiro atoms. The van der Waals surface area contributed by atoms with Crippen molar-refractivity contribution in [3.63, 3.8) is 0 Å². The highest BCUT2D eigenvalue weighted by atomic mass is 16.3. The predicted molar refractivity (Wildman–Crippen MR) is 146 cm³/mol. The maximum absolute atomic E-state index is 13.2.